The fraction of sp³-hybridized carbons (Fsp3) is 0.464. The van der Waals surface area contributed by atoms with Gasteiger partial charge in [0.25, 0.3) is 5.91 Å². The third-order valence-electron chi connectivity index (χ3n) is 6.64. The van der Waals surface area contributed by atoms with Gasteiger partial charge < -0.3 is 19.7 Å². The molecule has 8 heteroatoms. The third kappa shape index (κ3) is 6.05. The smallest absolute Gasteiger partial charge is 0.251 e. The lowest BCUT2D eigenvalue weighted by atomic mass is 10.0. The number of aromatic hydroxyl groups is 1. The van der Waals surface area contributed by atoms with E-state index in [4.69, 9.17) is 4.74 Å². The Morgan fingerprint density at radius 3 is 2.53 bits per heavy atom. The molecule has 3 aromatic rings. The molecule has 1 aromatic heterocycles. The molecule has 4 rings (SSSR count). The summed E-state index contributed by atoms with van der Waals surface area (Å²) in [5.74, 6) is 3.02. The summed E-state index contributed by atoms with van der Waals surface area (Å²) in [5.41, 5.74) is 3.64. The second kappa shape index (κ2) is 11.1. The second-order valence-corrected chi connectivity index (χ2v) is 10.2. The van der Waals surface area contributed by atoms with E-state index < -0.39 is 0 Å². The number of phenols is 1. The number of methoxy groups -OCH3 is 1. The first kappa shape index (κ1) is 25.7. The second-order valence-electron chi connectivity index (χ2n) is 10.2. The van der Waals surface area contributed by atoms with E-state index in [0.717, 1.165) is 66.6 Å². The summed E-state index contributed by atoms with van der Waals surface area (Å²) in [6, 6.07) is 11.0. The Labute approximate surface area is 213 Å². The zero-order chi connectivity index (χ0) is 25.8. The first-order valence-corrected chi connectivity index (χ1v) is 12.6. The molecule has 0 unspecified atom stereocenters. The van der Waals surface area contributed by atoms with Crippen LogP contribution in [0.1, 0.15) is 65.0 Å². The molecule has 1 aliphatic heterocycles. The fourth-order valence-corrected chi connectivity index (χ4v) is 4.91. The van der Waals surface area contributed by atoms with E-state index in [1.165, 1.54) is 0 Å². The summed E-state index contributed by atoms with van der Waals surface area (Å²) in [6.45, 7) is 11.2. The highest BCUT2D eigenvalue weighted by atomic mass is 16.5. The van der Waals surface area contributed by atoms with Gasteiger partial charge in [-0.25, -0.2) is 0 Å². The van der Waals surface area contributed by atoms with Crippen molar-refractivity contribution in [2.75, 3.05) is 20.2 Å². The Balaban J connectivity index is 1.52. The van der Waals surface area contributed by atoms with Crippen molar-refractivity contribution >= 4 is 5.91 Å². The van der Waals surface area contributed by atoms with Crippen LogP contribution in [0.2, 0.25) is 0 Å². The summed E-state index contributed by atoms with van der Waals surface area (Å²) in [7, 11) is 1.63. The first-order chi connectivity index (χ1) is 17.2. The molecule has 1 amide bonds. The molecule has 8 nitrogen and oxygen atoms in total. The normalized spacial score (nSPS) is 14.8. The van der Waals surface area contributed by atoms with Gasteiger partial charge in [0, 0.05) is 43.7 Å². The van der Waals surface area contributed by atoms with E-state index in [0.29, 0.717) is 18.0 Å². The van der Waals surface area contributed by atoms with Gasteiger partial charge in [0.05, 0.1) is 13.2 Å². The van der Waals surface area contributed by atoms with E-state index in [2.05, 4.69) is 44.9 Å². The molecule has 0 radical (unpaired) electrons. The van der Waals surface area contributed by atoms with Crippen LogP contribution in [0.5, 0.6) is 11.5 Å². The van der Waals surface area contributed by atoms with Crippen LogP contribution >= 0.6 is 0 Å². The van der Waals surface area contributed by atoms with Crippen LogP contribution in [0.4, 0.5) is 0 Å². The SMILES string of the molecule is COc1ccc(O)c(CN2CCc3nnc([C@@H](CC(C)C)NC(=O)c4cc(C)cc(C)c4)n3CC2)c1. The van der Waals surface area contributed by atoms with Gasteiger partial charge >= 0.3 is 0 Å². The van der Waals surface area contributed by atoms with Gasteiger partial charge in [0.1, 0.15) is 17.3 Å². The molecular formula is C28H37N5O3. The highest BCUT2D eigenvalue weighted by Crippen LogP contribution is 2.26. The number of rotatable bonds is 8. The molecule has 0 fully saturated rings. The number of nitrogens with one attached hydrogen (secondary N) is 1. The fourth-order valence-electron chi connectivity index (χ4n) is 4.91. The molecule has 0 saturated carbocycles. The Morgan fingerprint density at radius 1 is 1.08 bits per heavy atom. The molecule has 2 N–H and O–H groups in total. The van der Waals surface area contributed by atoms with Crippen LogP contribution in [-0.2, 0) is 19.5 Å². The maximum atomic E-state index is 13.2. The molecular weight excluding hydrogens is 454 g/mol. The van der Waals surface area contributed by atoms with E-state index >= 15 is 0 Å². The van der Waals surface area contributed by atoms with E-state index in [9.17, 15) is 9.90 Å². The molecule has 36 heavy (non-hydrogen) atoms. The number of carbonyl (C=O) groups is 1. The number of benzene rings is 2. The van der Waals surface area contributed by atoms with Crippen LogP contribution < -0.4 is 10.1 Å². The first-order valence-electron chi connectivity index (χ1n) is 12.6. The summed E-state index contributed by atoms with van der Waals surface area (Å²) < 4.78 is 7.49. The number of aromatic nitrogens is 3. The number of fused-ring (bicyclic) bond motifs is 1. The maximum Gasteiger partial charge on any atom is 0.251 e. The third-order valence-corrected chi connectivity index (χ3v) is 6.64. The van der Waals surface area contributed by atoms with Crippen molar-refractivity contribution < 1.29 is 14.6 Å². The lowest BCUT2D eigenvalue weighted by molar-refractivity contribution is 0.0928. The highest BCUT2D eigenvalue weighted by Gasteiger charge is 2.27. The van der Waals surface area contributed by atoms with E-state index in [-0.39, 0.29) is 17.7 Å². The van der Waals surface area contributed by atoms with E-state index in [1.807, 2.05) is 32.0 Å². The lowest BCUT2D eigenvalue weighted by Gasteiger charge is -2.23. The summed E-state index contributed by atoms with van der Waals surface area (Å²) >= 11 is 0. The molecule has 2 heterocycles. The van der Waals surface area contributed by atoms with Crippen molar-refractivity contribution in [1.82, 2.24) is 25.0 Å². The number of carbonyl (C=O) groups excluding carboxylic acids is 1. The van der Waals surface area contributed by atoms with Gasteiger partial charge in [-0.15, -0.1) is 10.2 Å². The number of hydrogen-bond donors (Lipinski definition) is 2. The quantitative estimate of drug-likeness (QED) is 0.491. The van der Waals surface area contributed by atoms with Crippen LogP contribution in [0.15, 0.2) is 36.4 Å². The number of aryl methyl sites for hydroxylation is 2. The van der Waals surface area contributed by atoms with Crippen molar-refractivity contribution in [3.8, 4) is 11.5 Å². The molecule has 0 bridgehead atoms. The average molecular weight is 492 g/mol. The average Bonchev–Trinajstić information content (AvgIpc) is 3.13. The van der Waals surface area contributed by atoms with Crippen LogP contribution in [-0.4, -0.2) is 50.9 Å². The minimum Gasteiger partial charge on any atom is -0.508 e. The largest absolute Gasteiger partial charge is 0.508 e. The van der Waals surface area contributed by atoms with Crippen molar-refractivity contribution in [2.24, 2.45) is 5.92 Å². The predicted octanol–water partition coefficient (Wildman–Crippen LogP) is 4.18. The topological polar surface area (TPSA) is 92.5 Å². The standard InChI is InChI=1S/C28H37N5O3/c1-18(2)12-24(29-28(35)21-14-19(3)13-20(4)15-21)27-31-30-26-8-9-32(10-11-33(26)27)17-22-16-23(36-5)6-7-25(22)34/h6-7,13-16,18,24,34H,8-12,17H2,1-5H3,(H,29,35)/t24-/m1/s1. The van der Waals surface area contributed by atoms with Gasteiger partial charge in [-0.1, -0.05) is 31.0 Å². The molecule has 0 aliphatic carbocycles. The Kier molecular flexibility index (Phi) is 7.94. The summed E-state index contributed by atoms with van der Waals surface area (Å²) in [4.78, 5) is 15.5. The Hall–Kier alpha value is -3.39. The zero-order valence-electron chi connectivity index (χ0n) is 21.9. The molecule has 0 saturated heterocycles. The van der Waals surface area contributed by atoms with E-state index in [1.54, 1.807) is 19.2 Å². The van der Waals surface area contributed by atoms with Gasteiger partial charge in [-0.05, 0) is 56.5 Å². The van der Waals surface area contributed by atoms with Gasteiger partial charge in [0.15, 0.2) is 5.82 Å². The van der Waals surface area contributed by atoms with Crippen molar-refractivity contribution in [1.29, 1.82) is 0 Å². The van der Waals surface area contributed by atoms with Gasteiger partial charge in [0.2, 0.25) is 0 Å². The summed E-state index contributed by atoms with van der Waals surface area (Å²) in [5, 5.41) is 22.6. The van der Waals surface area contributed by atoms with Gasteiger partial charge in [-0.2, -0.15) is 0 Å². The predicted molar refractivity (Wildman–Crippen MR) is 139 cm³/mol. The number of nitrogens with zero attached hydrogens (tertiary/aromatic N) is 4. The monoisotopic (exact) mass is 491 g/mol. The molecule has 0 spiro atoms. The number of hydrogen-bond acceptors (Lipinski definition) is 6. The van der Waals surface area contributed by atoms with Crippen molar-refractivity contribution in [2.45, 2.75) is 59.7 Å². The zero-order valence-corrected chi connectivity index (χ0v) is 21.9. The Bertz CT molecular complexity index is 1200. The Morgan fingerprint density at radius 2 is 1.83 bits per heavy atom. The van der Waals surface area contributed by atoms with Crippen LogP contribution in [0.3, 0.4) is 0 Å². The number of ether oxygens (including phenoxy) is 1. The molecule has 1 aliphatic rings. The van der Waals surface area contributed by atoms with Crippen molar-refractivity contribution in [3.05, 3.63) is 70.3 Å². The highest BCUT2D eigenvalue weighted by molar-refractivity contribution is 5.94. The minimum absolute atomic E-state index is 0.0893. The summed E-state index contributed by atoms with van der Waals surface area (Å²) in [6.07, 6.45) is 1.52. The van der Waals surface area contributed by atoms with Crippen LogP contribution in [0, 0.1) is 19.8 Å². The maximum absolute atomic E-state index is 13.2. The molecule has 2 aromatic carbocycles. The number of phenolic OH excluding ortho intramolecular Hbond substituents is 1. The lowest BCUT2D eigenvalue weighted by Crippen LogP contribution is -2.32. The minimum atomic E-state index is -0.228. The molecule has 1 atom stereocenters. The number of amides is 1. The molecule has 192 valence electrons. The van der Waals surface area contributed by atoms with Gasteiger partial charge in [-0.3, -0.25) is 9.69 Å². The van der Waals surface area contributed by atoms with Crippen molar-refractivity contribution in [3.63, 3.8) is 0 Å². The van der Waals surface area contributed by atoms with Crippen LogP contribution in [0.25, 0.3) is 0 Å².